The van der Waals surface area contributed by atoms with E-state index in [9.17, 15) is 9.59 Å². The number of rotatable bonds is 6. The number of piperazine rings is 1. The summed E-state index contributed by atoms with van der Waals surface area (Å²) in [4.78, 5) is 30.5. The van der Waals surface area contributed by atoms with Gasteiger partial charge in [0.1, 0.15) is 0 Å². The van der Waals surface area contributed by atoms with E-state index in [1.54, 1.807) is 17.7 Å². The predicted octanol–water partition coefficient (Wildman–Crippen LogP) is 1.76. The number of nitrogens with one attached hydrogen (secondary N) is 1. The van der Waals surface area contributed by atoms with Crippen LogP contribution in [0.3, 0.4) is 0 Å². The highest BCUT2D eigenvalue weighted by Gasteiger charge is 2.16. The zero-order valence-corrected chi connectivity index (χ0v) is 15.7. The van der Waals surface area contributed by atoms with E-state index in [2.05, 4.69) is 46.0 Å². The van der Waals surface area contributed by atoms with Gasteiger partial charge in [-0.15, -0.1) is 0 Å². The number of nitrogens with zero attached hydrogens (tertiary/aromatic N) is 3. The average Bonchev–Trinajstić information content (AvgIpc) is 2.64. The third kappa shape index (κ3) is 4.64. The summed E-state index contributed by atoms with van der Waals surface area (Å²) in [7, 11) is 0. The van der Waals surface area contributed by atoms with Gasteiger partial charge in [0.15, 0.2) is 0 Å². The van der Waals surface area contributed by atoms with Gasteiger partial charge in [-0.3, -0.25) is 14.7 Å². The third-order valence-electron chi connectivity index (χ3n) is 5.08. The van der Waals surface area contributed by atoms with Crippen molar-refractivity contribution < 1.29 is 0 Å². The second-order valence-electron chi connectivity index (χ2n) is 7.14. The molecule has 6 nitrogen and oxygen atoms in total. The molecule has 26 heavy (non-hydrogen) atoms. The van der Waals surface area contributed by atoms with Crippen LogP contribution in [0.15, 0.2) is 40.1 Å². The Morgan fingerprint density at radius 3 is 2.27 bits per heavy atom. The summed E-state index contributed by atoms with van der Waals surface area (Å²) in [6.45, 7) is 9.81. The van der Waals surface area contributed by atoms with Gasteiger partial charge < -0.3 is 9.47 Å². The Labute approximate surface area is 154 Å². The van der Waals surface area contributed by atoms with Crippen LogP contribution < -0.4 is 16.1 Å². The zero-order chi connectivity index (χ0) is 18.5. The van der Waals surface area contributed by atoms with Crippen LogP contribution in [-0.2, 0) is 6.54 Å². The van der Waals surface area contributed by atoms with Gasteiger partial charge in [-0.2, -0.15) is 0 Å². The van der Waals surface area contributed by atoms with Gasteiger partial charge in [0.25, 0.3) is 5.56 Å². The first-order valence-corrected chi connectivity index (χ1v) is 9.37. The largest absolute Gasteiger partial charge is 0.369 e. The maximum absolute atomic E-state index is 11.8. The summed E-state index contributed by atoms with van der Waals surface area (Å²) >= 11 is 0. The molecule has 0 radical (unpaired) electrons. The summed E-state index contributed by atoms with van der Waals surface area (Å²) in [6, 6.07) is 8.74. The number of hydrogen-bond donors (Lipinski definition) is 1. The number of aromatic amines is 1. The van der Waals surface area contributed by atoms with E-state index in [0.29, 0.717) is 12.1 Å². The highest BCUT2D eigenvalue weighted by Crippen LogP contribution is 2.17. The highest BCUT2D eigenvalue weighted by atomic mass is 16.2. The molecule has 0 aliphatic carbocycles. The van der Waals surface area contributed by atoms with E-state index in [0.717, 1.165) is 45.6 Å². The lowest BCUT2D eigenvalue weighted by molar-refractivity contribution is 0.251. The molecular weight excluding hydrogens is 328 g/mol. The third-order valence-corrected chi connectivity index (χ3v) is 5.08. The minimum absolute atomic E-state index is 0.294. The van der Waals surface area contributed by atoms with Gasteiger partial charge in [-0.1, -0.05) is 17.7 Å². The molecule has 0 saturated carbocycles. The molecule has 1 aromatic carbocycles. The van der Waals surface area contributed by atoms with Crippen LogP contribution in [0.4, 0.5) is 5.69 Å². The lowest BCUT2D eigenvalue weighted by Gasteiger charge is -2.36. The Kier molecular flexibility index (Phi) is 5.93. The maximum atomic E-state index is 11.8. The first kappa shape index (κ1) is 18.5. The van der Waals surface area contributed by atoms with Crippen LogP contribution in [-0.4, -0.2) is 47.2 Å². The lowest BCUT2D eigenvalue weighted by atomic mass is 10.2. The van der Waals surface area contributed by atoms with Gasteiger partial charge in [0.05, 0.1) is 0 Å². The van der Waals surface area contributed by atoms with Gasteiger partial charge in [0.2, 0.25) is 0 Å². The first-order chi connectivity index (χ1) is 12.5. The van der Waals surface area contributed by atoms with Crippen molar-refractivity contribution in [1.29, 1.82) is 0 Å². The molecule has 140 valence electrons. The average molecular weight is 356 g/mol. The Morgan fingerprint density at radius 1 is 0.923 bits per heavy atom. The summed E-state index contributed by atoms with van der Waals surface area (Å²) in [5, 5.41) is 0. The molecule has 2 aromatic rings. The normalized spacial score (nSPS) is 15.4. The molecule has 1 N–H and O–H groups in total. The number of anilines is 1. The topological polar surface area (TPSA) is 61.3 Å². The van der Waals surface area contributed by atoms with Crippen molar-refractivity contribution in [3.05, 3.63) is 62.4 Å². The van der Waals surface area contributed by atoms with Crippen molar-refractivity contribution >= 4 is 5.69 Å². The fourth-order valence-electron chi connectivity index (χ4n) is 3.39. The second kappa shape index (κ2) is 8.36. The molecule has 1 fully saturated rings. The zero-order valence-electron chi connectivity index (χ0n) is 15.7. The van der Waals surface area contributed by atoms with E-state index >= 15 is 0 Å². The first-order valence-electron chi connectivity index (χ1n) is 9.37. The van der Waals surface area contributed by atoms with Gasteiger partial charge in [-0.25, -0.2) is 4.79 Å². The monoisotopic (exact) mass is 356 g/mol. The van der Waals surface area contributed by atoms with Crippen LogP contribution >= 0.6 is 0 Å². The predicted molar refractivity (Wildman–Crippen MR) is 105 cm³/mol. The van der Waals surface area contributed by atoms with Crippen molar-refractivity contribution in [3.8, 4) is 0 Å². The van der Waals surface area contributed by atoms with E-state index in [-0.39, 0.29) is 11.2 Å². The van der Waals surface area contributed by atoms with Crippen LogP contribution in [0.2, 0.25) is 0 Å². The van der Waals surface area contributed by atoms with Crippen LogP contribution in [0, 0.1) is 13.8 Å². The molecule has 0 spiro atoms. The molecule has 0 atom stereocenters. The standard InChI is InChI=1S/C20H28N4O2/c1-16-5-7-18(8-6-16)23-13-11-22(12-14-23)9-3-4-10-24-15-17(2)19(25)21-20(24)26/h5-8,15H,3-4,9-14H2,1-2H3,(H,21,25,26). The Hall–Kier alpha value is -2.34. The number of aryl methyl sites for hydroxylation is 3. The van der Waals surface area contributed by atoms with Crippen molar-refractivity contribution in [2.24, 2.45) is 0 Å². The molecule has 0 amide bonds. The lowest BCUT2D eigenvalue weighted by Crippen LogP contribution is -2.46. The molecule has 2 heterocycles. The van der Waals surface area contributed by atoms with Crippen molar-refractivity contribution in [2.75, 3.05) is 37.6 Å². The molecule has 0 bridgehead atoms. The molecule has 1 aromatic heterocycles. The van der Waals surface area contributed by atoms with Crippen LogP contribution in [0.1, 0.15) is 24.0 Å². The molecule has 1 aliphatic rings. The van der Waals surface area contributed by atoms with E-state index in [4.69, 9.17) is 0 Å². The summed E-state index contributed by atoms with van der Waals surface area (Å²) in [5.41, 5.74) is 2.58. The van der Waals surface area contributed by atoms with E-state index < -0.39 is 0 Å². The molecule has 0 unspecified atom stereocenters. The van der Waals surface area contributed by atoms with Crippen LogP contribution in [0.5, 0.6) is 0 Å². The molecule has 3 rings (SSSR count). The number of H-pyrrole nitrogens is 1. The molecule has 1 saturated heterocycles. The van der Waals surface area contributed by atoms with Crippen LogP contribution in [0.25, 0.3) is 0 Å². The number of aromatic nitrogens is 2. The number of unbranched alkanes of at least 4 members (excludes halogenated alkanes) is 1. The number of hydrogen-bond acceptors (Lipinski definition) is 4. The minimum Gasteiger partial charge on any atom is -0.369 e. The van der Waals surface area contributed by atoms with E-state index in [1.165, 1.54) is 11.3 Å². The van der Waals surface area contributed by atoms with Gasteiger partial charge >= 0.3 is 5.69 Å². The fraction of sp³-hybridized carbons (Fsp3) is 0.500. The quantitative estimate of drug-likeness (QED) is 0.801. The fourth-order valence-corrected chi connectivity index (χ4v) is 3.39. The van der Waals surface area contributed by atoms with E-state index in [1.807, 2.05) is 0 Å². The smallest absolute Gasteiger partial charge is 0.328 e. The molecule has 1 aliphatic heterocycles. The Balaban J connectivity index is 1.40. The van der Waals surface area contributed by atoms with Crippen molar-refractivity contribution in [3.63, 3.8) is 0 Å². The summed E-state index contributed by atoms with van der Waals surface area (Å²) in [5.74, 6) is 0. The minimum atomic E-state index is -0.313. The highest BCUT2D eigenvalue weighted by molar-refractivity contribution is 5.47. The SMILES string of the molecule is Cc1ccc(N2CCN(CCCCn3cc(C)c(=O)[nH]c3=O)CC2)cc1. The Bertz CT molecular complexity index is 830. The van der Waals surface area contributed by atoms with Crippen molar-refractivity contribution in [1.82, 2.24) is 14.5 Å². The van der Waals surface area contributed by atoms with Gasteiger partial charge in [0, 0.05) is 50.2 Å². The van der Waals surface area contributed by atoms with Gasteiger partial charge in [-0.05, 0) is 45.4 Å². The maximum Gasteiger partial charge on any atom is 0.328 e. The molecular formula is C20H28N4O2. The summed E-state index contributed by atoms with van der Waals surface area (Å²) in [6.07, 6.45) is 3.64. The summed E-state index contributed by atoms with van der Waals surface area (Å²) < 4.78 is 1.60. The molecule has 6 heteroatoms. The second-order valence-corrected chi connectivity index (χ2v) is 7.14. The number of benzene rings is 1. The van der Waals surface area contributed by atoms with Crippen molar-refractivity contribution in [2.45, 2.75) is 33.2 Å². The Morgan fingerprint density at radius 2 is 1.58 bits per heavy atom.